The van der Waals surface area contributed by atoms with Crippen LogP contribution < -0.4 is 26.6 Å². The van der Waals surface area contributed by atoms with Gasteiger partial charge in [0, 0.05) is 32.7 Å². The Balaban J connectivity index is 0.000000548. The van der Waals surface area contributed by atoms with Gasteiger partial charge in [-0.05, 0) is 40.0 Å². The monoisotopic (exact) mass is 1070 g/mol. The first-order valence-electron chi connectivity index (χ1n) is 20.3. The maximum Gasteiger partial charge on any atom is 0.437 e. The second-order valence-electron chi connectivity index (χ2n) is 14.7. The summed E-state index contributed by atoms with van der Waals surface area (Å²) >= 11 is 0. The number of carbonyl (C=O) groups excluding carboxylic acids is 5. The summed E-state index contributed by atoms with van der Waals surface area (Å²) < 4.78 is 194. The molecule has 21 nitrogen and oxygen atoms in total. The van der Waals surface area contributed by atoms with E-state index in [0.717, 1.165) is 12.8 Å². The molecule has 72 heavy (non-hydrogen) atoms. The zero-order chi connectivity index (χ0) is 55.5. The average Bonchev–Trinajstić information content (AvgIpc) is 3.25. The molecular formula is C36H43F15N14O7. The van der Waals surface area contributed by atoms with E-state index >= 15 is 0 Å². The molecule has 0 aromatic carbocycles. The van der Waals surface area contributed by atoms with Crippen molar-refractivity contribution in [1.29, 1.82) is 0 Å². The van der Waals surface area contributed by atoms with Crippen LogP contribution in [0.2, 0.25) is 0 Å². The molecule has 0 spiro atoms. The maximum atomic E-state index is 13.0. The highest BCUT2D eigenvalue weighted by molar-refractivity contribution is 5.96. The van der Waals surface area contributed by atoms with E-state index in [9.17, 15) is 89.8 Å². The SMILES string of the molecule is CC(C)(C)OC(=O)NCCCNC(=O)c1nnc(C(F)(F)F)c(C(F)(F)F)n1.CCCCNC(=O)c1nnc(C(F)(F)F)c(C(=O)NCCCC)n1.O=C(NCCO)c1nnc(C(F)(F)F)c(C(F)(F)F)n1. The van der Waals surface area contributed by atoms with Gasteiger partial charge < -0.3 is 36.4 Å². The topological polar surface area (TPSA) is 291 Å². The maximum absolute atomic E-state index is 13.0. The summed E-state index contributed by atoms with van der Waals surface area (Å²) in [5.41, 5.74) is -12.5. The first-order chi connectivity index (χ1) is 33.0. The van der Waals surface area contributed by atoms with Crippen LogP contribution in [0.5, 0.6) is 0 Å². The number of carbonyl (C=O) groups is 5. The number of nitrogens with one attached hydrogen (secondary N) is 5. The van der Waals surface area contributed by atoms with Crippen LogP contribution in [-0.2, 0) is 35.6 Å². The van der Waals surface area contributed by atoms with Crippen LogP contribution in [0.4, 0.5) is 70.7 Å². The van der Waals surface area contributed by atoms with Gasteiger partial charge in [0.15, 0.2) is 34.2 Å². The fourth-order valence-electron chi connectivity index (χ4n) is 4.44. The number of alkyl carbamates (subject to hydrolysis) is 1. The van der Waals surface area contributed by atoms with Gasteiger partial charge in [-0.2, -0.15) is 65.9 Å². The zero-order valence-corrected chi connectivity index (χ0v) is 37.9. The Morgan fingerprint density at radius 3 is 1.10 bits per heavy atom. The number of nitrogens with zero attached hydrogens (tertiary/aromatic N) is 9. The summed E-state index contributed by atoms with van der Waals surface area (Å²) in [6.07, 6.45) is -24.3. The molecule has 0 aliphatic rings. The van der Waals surface area contributed by atoms with Crippen molar-refractivity contribution in [1.82, 2.24) is 72.1 Å². The van der Waals surface area contributed by atoms with Crippen molar-refractivity contribution < 1.29 is 99.7 Å². The Labute approximate surface area is 395 Å². The van der Waals surface area contributed by atoms with Crippen LogP contribution >= 0.6 is 0 Å². The van der Waals surface area contributed by atoms with Crippen molar-refractivity contribution in [3.05, 3.63) is 51.6 Å². The van der Waals surface area contributed by atoms with Crippen molar-refractivity contribution in [3.8, 4) is 0 Å². The van der Waals surface area contributed by atoms with Crippen LogP contribution in [0, 0.1) is 0 Å². The Morgan fingerprint density at radius 2 is 0.750 bits per heavy atom. The van der Waals surface area contributed by atoms with Crippen molar-refractivity contribution >= 4 is 29.7 Å². The molecule has 0 atom stereocenters. The summed E-state index contributed by atoms with van der Waals surface area (Å²) in [5.74, 6) is -7.26. The van der Waals surface area contributed by atoms with E-state index in [1.807, 2.05) is 19.2 Å². The highest BCUT2D eigenvalue weighted by atomic mass is 19.4. The predicted molar refractivity (Wildman–Crippen MR) is 210 cm³/mol. The van der Waals surface area contributed by atoms with Crippen LogP contribution in [0.1, 0.15) is 138 Å². The van der Waals surface area contributed by atoms with Crippen molar-refractivity contribution in [2.24, 2.45) is 0 Å². The predicted octanol–water partition coefficient (Wildman–Crippen LogP) is 5.14. The quantitative estimate of drug-likeness (QED) is 0.0800. The fraction of sp³-hybridized carbons (Fsp3) is 0.611. The molecule has 3 heterocycles. The molecule has 0 bridgehead atoms. The van der Waals surface area contributed by atoms with Gasteiger partial charge in [-0.1, -0.05) is 26.7 Å². The molecule has 0 aliphatic carbocycles. The zero-order valence-electron chi connectivity index (χ0n) is 37.9. The third-order valence-corrected chi connectivity index (χ3v) is 7.56. The van der Waals surface area contributed by atoms with Gasteiger partial charge in [-0.25, -0.2) is 19.7 Å². The van der Waals surface area contributed by atoms with E-state index in [4.69, 9.17) is 9.84 Å². The van der Waals surface area contributed by atoms with E-state index in [1.54, 1.807) is 20.8 Å². The smallest absolute Gasteiger partial charge is 0.437 e. The molecule has 0 radical (unpaired) electrons. The van der Waals surface area contributed by atoms with Gasteiger partial charge >= 0.3 is 37.0 Å². The second kappa shape index (κ2) is 27.1. The van der Waals surface area contributed by atoms with E-state index in [0.29, 0.717) is 19.4 Å². The normalized spacial score (nSPS) is 12.0. The molecule has 404 valence electrons. The molecule has 36 heteroatoms. The standard InChI is InChI=1S/C14H17F6N5O3.C14H20F3N5O2.C8H6F6N4O2/c1-12(2,3)28-11(27)22-6-4-5-21-10(26)9-23-7(13(15,16)17)8(24-25-9)14(18,19)20;1-3-5-7-18-12(23)9-10(14(15,16)17)21-22-11(20-9)13(24)19-8-6-4-2;9-7(10,11)3-4(8(12,13)14)17-18-5(16-3)6(20)15-1-2-19/h4-6H2,1-3H3,(H,21,26)(H,22,27);3-8H2,1-2H3,(H,18,23)(H,19,24);19H,1-2H2,(H,15,20). The van der Waals surface area contributed by atoms with E-state index in [2.05, 4.69) is 66.8 Å². The van der Waals surface area contributed by atoms with Crippen molar-refractivity contribution in [2.45, 2.75) is 103 Å². The van der Waals surface area contributed by atoms with Gasteiger partial charge in [0.1, 0.15) is 5.60 Å². The van der Waals surface area contributed by atoms with Crippen LogP contribution in [0.3, 0.4) is 0 Å². The number of amides is 5. The second-order valence-corrected chi connectivity index (χ2v) is 14.7. The molecule has 0 aliphatic heterocycles. The van der Waals surface area contributed by atoms with Gasteiger partial charge in [-0.15, -0.1) is 30.6 Å². The Hall–Kier alpha value is -6.91. The summed E-state index contributed by atoms with van der Waals surface area (Å²) in [4.78, 5) is 66.8. The van der Waals surface area contributed by atoms with Crippen LogP contribution in [0.15, 0.2) is 0 Å². The van der Waals surface area contributed by atoms with Crippen LogP contribution in [0.25, 0.3) is 0 Å². The molecule has 3 aromatic rings. The van der Waals surface area contributed by atoms with E-state index < -0.39 is 124 Å². The first-order valence-corrected chi connectivity index (χ1v) is 20.3. The summed E-state index contributed by atoms with van der Waals surface area (Å²) in [5, 5.41) is 36.1. The fourth-order valence-corrected chi connectivity index (χ4v) is 4.44. The number of hydrogen-bond donors (Lipinski definition) is 6. The summed E-state index contributed by atoms with van der Waals surface area (Å²) in [6.45, 7) is 8.37. The van der Waals surface area contributed by atoms with Gasteiger partial charge in [0.25, 0.3) is 23.6 Å². The third kappa shape index (κ3) is 22.0. The van der Waals surface area contributed by atoms with Crippen molar-refractivity contribution in [3.63, 3.8) is 0 Å². The number of unbranched alkanes of at least 4 members (excludes halogenated alkanes) is 2. The summed E-state index contributed by atoms with van der Waals surface area (Å²) in [7, 11) is 0. The van der Waals surface area contributed by atoms with Gasteiger partial charge in [-0.3, -0.25) is 19.2 Å². The van der Waals surface area contributed by atoms with Gasteiger partial charge in [0.05, 0.1) is 6.61 Å². The third-order valence-electron chi connectivity index (χ3n) is 7.56. The lowest BCUT2D eigenvalue weighted by Gasteiger charge is -2.19. The lowest BCUT2D eigenvalue weighted by Crippen LogP contribution is -2.35. The highest BCUT2D eigenvalue weighted by Crippen LogP contribution is 2.39. The van der Waals surface area contributed by atoms with E-state index in [1.165, 1.54) is 0 Å². The summed E-state index contributed by atoms with van der Waals surface area (Å²) in [6, 6.07) is 0. The molecule has 0 fully saturated rings. The molecule has 3 rings (SSSR count). The number of aliphatic hydroxyl groups excluding tert-OH is 1. The number of rotatable bonds is 16. The number of alkyl halides is 15. The number of aliphatic hydroxyl groups is 1. The average molecular weight is 1070 g/mol. The molecule has 0 saturated heterocycles. The number of ether oxygens (including phenoxy) is 1. The highest BCUT2D eigenvalue weighted by Gasteiger charge is 2.49. The molecule has 0 unspecified atom stereocenters. The molecule has 3 aromatic heterocycles. The van der Waals surface area contributed by atoms with Crippen molar-refractivity contribution in [2.75, 3.05) is 39.3 Å². The molecule has 6 N–H and O–H groups in total. The lowest BCUT2D eigenvalue weighted by atomic mass is 10.2. The molecule has 5 amide bonds. The number of aromatic nitrogens is 9. The van der Waals surface area contributed by atoms with E-state index in [-0.39, 0.29) is 32.6 Å². The Kier molecular flexibility index (Phi) is 23.7. The largest absolute Gasteiger partial charge is 0.444 e. The Bertz CT molecular complexity index is 2290. The minimum absolute atomic E-state index is 0.0646. The molecule has 0 saturated carbocycles. The van der Waals surface area contributed by atoms with Gasteiger partial charge in [0.2, 0.25) is 17.5 Å². The molecular weight excluding hydrogens is 1030 g/mol. The number of hydrogen-bond acceptors (Lipinski definition) is 16. The Morgan fingerprint density at radius 1 is 0.431 bits per heavy atom. The number of halogens is 15. The minimum atomic E-state index is -5.48. The van der Waals surface area contributed by atoms with Crippen LogP contribution in [-0.4, -0.2) is 125 Å². The first kappa shape index (κ1) is 63.1. The minimum Gasteiger partial charge on any atom is -0.444 e. The lowest BCUT2D eigenvalue weighted by molar-refractivity contribution is -0.168.